The number of aldehydes is 2. The fourth-order valence-electron chi connectivity index (χ4n) is 1.37. The molecular weight excluding hydrogens is 156 g/mol. The van der Waals surface area contributed by atoms with Crippen LogP contribution >= 0.6 is 0 Å². The molecule has 0 spiro atoms. The van der Waals surface area contributed by atoms with Crippen molar-refractivity contribution in [3.63, 3.8) is 0 Å². The molecule has 4 heteroatoms. The largest absolute Gasteiger partial charge is 0.319 e. The molecule has 0 fully saturated rings. The summed E-state index contributed by atoms with van der Waals surface area (Å²) >= 11 is 0. The van der Waals surface area contributed by atoms with Gasteiger partial charge in [0.05, 0.1) is 11.1 Å². The Bertz CT molecular complexity index is 239. The summed E-state index contributed by atoms with van der Waals surface area (Å²) in [5.41, 5.74) is 9.24. The van der Waals surface area contributed by atoms with Crippen molar-refractivity contribution in [2.45, 2.75) is 23.9 Å². The van der Waals surface area contributed by atoms with Gasteiger partial charge in [0.1, 0.15) is 12.6 Å². The van der Waals surface area contributed by atoms with Gasteiger partial charge in [0.2, 0.25) is 0 Å². The van der Waals surface area contributed by atoms with Gasteiger partial charge in [-0.25, -0.2) is 0 Å². The summed E-state index contributed by atoms with van der Waals surface area (Å²) in [4.78, 5) is 21.1. The van der Waals surface area contributed by atoms with Crippen molar-refractivity contribution in [2.24, 2.45) is 11.5 Å². The summed E-state index contributed by atoms with van der Waals surface area (Å²) in [7, 11) is 0. The molecule has 12 heavy (non-hydrogen) atoms. The number of rotatable bonds is 2. The van der Waals surface area contributed by atoms with Crippen molar-refractivity contribution in [3.05, 3.63) is 12.2 Å². The predicted molar refractivity (Wildman–Crippen MR) is 44.3 cm³/mol. The predicted octanol–water partition coefficient (Wildman–Crippen LogP) is -0.871. The van der Waals surface area contributed by atoms with Crippen LogP contribution in [0.2, 0.25) is 0 Å². The molecule has 1 aliphatic rings. The van der Waals surface area contributed by atoms with E-state index in [1.165, 1.54) is 0 Å². The van der Waals surface area contributed by atoms with Gasteiger partial charge in [-0.05, 0) is 6.42 Å². The summed E-state index contributed by atoms with van der Waals surface area (Å²) in [5, 5.41) is 0. The van der Waals surface area contributed by atoms with Crippen LogP contribution in [0.1, 0.15) is 12.8 Å². The molecule has 2 atom stereocenters. The molecule has 0 heterocycles. The Kier molecular flexibility index (Phi) is 2.12. The molecule has 0 saturated heterocycles. The van der Waals surface area contributed by atoms with Gasteiger partial charge in [0, 0.05) is 6.42 Å². The lowest BCUT2D eigenvalue weighted by molar-refractivity contribution is -0.115. The molecule has 4 N–H and O–H groups in total. The summed E-state index contributed by atoms with van der Waals surface area (Å²) in [6.07, 6.45) is 5.17. The Morgan fingerprint density at radius 3 is 2.42 bits per heavy atom. The van der Waals surface area contributed by atoms with Crippen LogP contribution in [0.4, 0.5) is 0 Å². The zero-order valence-electron chi connectivity index (χ0n) is 6.69. The van der Waals surface area contributed by atoms with E-state index in [4.69, 9.17) is 11.5 Å². The van der Waals surface area contributed by atoms with E-state index in [0.717, 1.165) is 0 Å². The molecule has 1 aliphatic carbocycles. The molecule has 0 aromatic carbocycles. The van der Waals surface area contributed by atoms with E-state index in [-0.39, 0.29) is 6.42 Å². The fraction of sp³-hybridized carbons (Fsp3) is 0.500. The Hall–Kier alpha value is -1.00. The second kappa shape index (κ2) is 2.80. The maximum Gasteiger partial charge on any atom is 0.143 e. The quantitative estimate of drug-likeness (QED) is 0.414. The van der Waals surface area contributed by atoms with E-state index in [1.807, 2.05) is 0 Å². The maximum atomic E-state index is 10.6. The van der Waals surface area contributed by atoms with Crippen LogP contribution in [-0.2, 0) is 9.59 Å². The summed E-state index contributed by atoms with van der Waals surface area (Å²) in [6.45, 7) is 0. The average Bonchev–Trinajstić information content (AvgIpc) is 2.05. The van der Waals surface area contributed by atoms with Gasteiger partial charge in [-0.3, -0.25) is 0 Å². The maximum absolute atomic E-state index is 10.6. The Morgan fingerprint density at radius 1 is 1.25 bits per heavy atom. The molecule has 0 saturated carbocycles. The number of carbonyl (C=O) groups is 2. The van der Waals surface area contributed by atoms with Crippen molar-refractivity contribution in [1.29, 1.82) is 0 Å². The van der Waals surface area contributed by atoms with Crippen molar-refractivity contribution in [3.8, 4) is 0 Å². The van der Waals surface area contributed by atoms with E-state index in [9.17, 15) is 9.59 Å². The molecule has 4 nitrogen and oxygen atoms in total. The van der Waals surface area contributed by atoms with E-state index in [2.05, 4.69) is 0 Å². The van der Waals surface area contributed by atoms with Crippen molar-refractivity contribution < 1.29 is 9.59 Å². The highest BCUT2D eigenvalue weighted by molar-refractivity contribution is 5.73. The highest BCUT2D eigenvalue weighted by Gasteiger charge is 2.36. The lowest BCUT2D eigenvalue weighted by Gasteiger charge is -2.33. The zero-order chi connectivity index (χ0) is 9.24. The van der Waals surface area contributed by atoms with Crippen LogP contribution in [0.25, 0.3) is 0 Å². The molecule has 0 bridgehead atoms. The standard InChI is InChI=1S/C8H12N2O2/c9-7(5-11)2-1-3-8(10,4-7)6-12/h1-2,5-6H,3-4,9-10H2. The molecule has 1 rings (SSSR count). The van der Waals surface area contributed by atoms with Gasteiger partial charge in [-0.1, -0.05) is 12.2 Å². The van der Waals surface area contributed by atoms with Crippen LogP contribution in [-0.4, -0.2) is 23.7 Å². The Balaban J connectivity index is 2.88. The average molecular weight is 168 g/mol. The number of hydrogen-bond donors (Lipinski definition) is 2. The van der Waals surface area contributed by atoms with Gasteiger partial charge < -0.3 is 21.1 Å². The molecule has 0 amide bonds. The van der Waals surface area contributed by atoms with Gasteiger partial charge in [0.15, 0.2) is 0 Å². The van der Waals surface area contributed by atoms with E-state index >= 15 is 0 Å². The smallest absolute Gasteiger partial charge is 0.143 e. The molecule has 66 valence electrons. The third-order valence-electron chi connectivity index (χ3n) is 2.02. The lowest BCUT2D eigenvalue weighted by atomic mass is 9.78. The van der Waals surface area contributed by atoms with Crippen LogP contribution in [0.3, 0.4) is 0 Å². The van der Waals surface area contributed by atoms with E-state index < -0.39 is 11.1 Å². The first-order valence-electron chi connectivity index (χ1n) is 3.72. The molecule has 0 aliphatic heterocycles. The zero-order valence-corrected chi connectivity index (χ0v) is 6.69. The molecule has 0 radical (unpaired) electrons. The van der Waals surface area contributed by atoms with Crippen LogP contribution in [0.5, 0.6) is 0 Å². The van der Waals surface area contributed by atoms with E-state index in [0.29, 0.717) is 19.0 Å². The van der Waals surface area contributed by atoms with Gasteiger partial charge in [0.25, 0.3) is 0 Å². The van der Waals surface area contributed by atoms with Crippen LogP contribution in [0, 0.1) is 0 Å². The summed E-state index contributed by atoms with van der Waals surface area (Å²) in [6, 6.07) is 0. The molecule has 0 aromatic heterocycles. The Labute approximate surface area is 70.6 Å². The second-order valence-electron chi connectivity index (χ2n) is 3.36. The highest BCUT2D eigenvalue weighted by atomic mass is 16.1. The highest BCUT2D eigenvalue weighted by Crippen LogP contribution is 2.23. The lowest BCUT2D eigenvalue weighted by Crippen LogP contribution is -2.55. The molecular formula is C8H12N2O2. The minimum atomic E-state index is -1.06. The van der Waals surface area contributed by atoms with Crippen LogP contribution in [0.15, 0.2) is 12.2 Å². The third kappa shape index (κ3) is 1.60. The molecule has 0 aromatic rings. The first-order valence-corrected chi connectivity index (χ1v) is 3.72. The van der Waals surface area contributed by atoms with Gasteiger partial charge in [-0.15, -0.1) is 0 Å². The van der Waals surface area contributed by atoms with Gasteiger partial charge in [-0.2, -0.15) is 0 Å². The summed E-state index contributed by atoms with van der Waals surface area (Å²) in [5.74, 6) is 0. The monoisotopic (exact) mass is 168 g/mol. The van der Waals surface area contributed by atoms with Gasteiger partial charge >= 0.3 is 0 Å². The Morgan fingerprint density at radius 2 is 1.92 bits per heavy atom. The first-order chi connectivity index (χ1) is 5.54. The number of carbonyl (C=O) groups excluding carboxylic acids is 2. The van der Waals surface area contributed by atoms with Crippen molar-refractivity contribution in [1.82, 2.24) is 0 Å². The fourth-order valence-corrected chi connectivity index (χ4v) is 1.37. The minimum Gasteiger partial charge on any atom is -0.319 e. The number of nitrogens with two attached hydrogens (primary N) is 2. The number of hydrogen-bond acceptors (Lipinski definition) is 4. The van der Waals surface area contributed by atoms with Crippen molar-refractivity contribution >= 4 is 12.6 Å². The normalized spacial score (nSPS) is 40.8. The van der Waals surface area contributed by atoms with E-state index in [1.54, 1.807) is 12.2 Å². The molecule has 2 unspecified atom stereocenters. The van der Waals surface area contributed by atoms with Crippen molar-refractivity contribution in [2.75, 3.05) is 0 Å². The van der Waals surface area contributed by atoms with Crippen LogP contribution < -0.4 is 11.5 Å². The minimum absolute atomic E-state index is 0.184. The topological polar surface area (TPSA) is 86.2 Å². The summed E-state index contributed by atoms with van der Waals surface area (Å²) < 4.78 is 0. The SMILES string of the molecule is NC1(C=O)C=CCC(N)(C=O)C1. The second-order valence-corrected chi connectivity index (χ2v) is 3.36. The third-order valence-corrected chi connectivity index (χ3v) is 2.02. The first kappa shape index (κ1) is 9.09.